The summed E-state index contributed by atoms with van der Waals surface area (Å²) in [6.45, 7) is 2.20. The van der Waals surface area contributed by atoms with Crippen LogP contribution in [0.1, 0.15) is 31.4 Å². The van der Waals surface area contributed by atoms with Crippen LogP contribution in [0.25, 0.3) is 0 Å². The zero-order valence-electron chi connectivity index (χ0n) is 14.6. The maximum absolute atomic E-state index is 10.1. The molecular weight excluding hydrogens is 338 g/mol. The number of hydrogen-bond acceptors (Lipinski definition) is 4. The summed E-state index contributed by atoms with van der Waals surface area (Å²) in [4.78, 5) is 6.25. The molecule has 2 aromatic rings. The second-order valence-corrected chi connectivity index (χ2v) is 6.74. The van der Waals surface area contributed by atoms with Crippen molar-refractivity contribution in [2.24, 2.45) is 5.92 Å². The highest BCUT2D eigenvalue weighted by Crippen LogP contribution is 2.43. The van der Waals surface area contributed by atoms with Gasteiger partial charge >= 0.3 is 0 Å². The molecule has 5 heteroatoms. The number of hydroxylamine groups is 1. The van der Waals surface area contributed by atoms with Gasteiger partial charge in [0.1, 0.15) is 5.75 Å². The van der Waals surface area contributed by atoms with E-state index in [-0.39, 0.29) is 24.7 Å². The van der Waals surface area contributed by atoms with Crippen LogP contribution in [-0.2, 0) is 4.84 Å². The number of halogens is 1. The minimum Gasteiger partial charge on any atom is -0.497 e. The van der Waals surface area contributed by atoms with Gasteiger partial charge in [-0.2, -0.15) is 0 Å². The third kappa shape index (κ3) is 3.76. The molecule has 0 aromatic heterocycles. The molecule has 1 aliphatic rings. The fourth-order valence-corrected chi connectivity index (χ4v) is 3.55. The largest absolute Gasteiger partial charge is 0.497 e. The van der Waals surface area contributed by atoms with Crippen molar-refractivity contribution in [1.82, 2.24) is 0 Å². The van der Waals surface area contributed by atoms with E-state index in [1.165, 1.54) is 0 Å². The van der Waals surface area contributed by atoms with E-state index in [0.717, 1.165) is 29.8 Å². The van der Waals surface area contributed by atoms with Crippen molar-refractivity contribution in [1.29, 1.82) is 0 Å². The smallest absolute Gasteiger partial charge is 0.118 e. The highest BCUT2D eigenvalue weighted by Gasteiger charge is 2.43. The highest BCUT2D eigenvalue weighted by atomic mass is 35.5. The molecule has 0 radical (unpaired) electrons. The van der Waals surface area contributed by atoms with Crippen LogP contribution in [0, 0.1) is 5.92 Å². The Morgan fingerprint density at radius 3 is 2.36 bits per heavy atom. The molecule has 134 valence electrons. The molecule has 1 saturated heterocycles. The van der Waals surface area contributed by atoms with Crippen LogP contribution in [0.15, 0.2) is 48.5 Å². The third-order valence-corrected chi connectivity index (χ3v) is 4.96. The second-order valence-electron chi connectivity index (χ2n) is 6.30. The summed E-state index contributed by atoms with van der Waals surface area (Å²) in [7, 11) is 1.65. The standard InChI is InChI=1S/C20H24ClNO3/c1-3-4-19-18(13-23)20(14-5-11-17(24-2)12-6-14)22(25-19)16-9-7-15(21)8-10-16/h5-12,18-20,23H,3-4,13H2,1-2H3/t18-,19-,20+/m1/s1. The molecule has 4 nitrogen and oxygen atoms in total. The van der Waals surface area contributed by atoms with Gasteiger partial charge in [-0.25, -0.2) is 5.06 Å². The number of aliphatic hydroxyl groups is 1. The molecule has 1 fully saturated rings. The molecule has 1 heterocycles. The van der Waals surface area contributed by atoms with E-state index in [9.17, 15) is 5.11 Å². The average molecular weight is 362 g/mol. The van der Waals surface area contributed by atoms with Crippen molar-refractivity contribution in [2.45, 2.75) is 31.9 Å². The third-order valence-electron chi connectivity index (χ3n) is 4.71. The predicted octanol–water partition coefficient (Wildman–Crippen LogP) is 4.62. The van der Waals surface area contributed by atoms with E-state index < -0.39 is 0 Å². The average Bonchev–Trinajstić information content (AvgIpc) is 3.01. The molecular formula is C20H24ClNO3. The summed E-state index contributed by atoms with van der Waals surface area (Å²) in [6, 6.07) is 15.5. The van der Waals surface area contributed by atoms with Crippen LogP contribution >= 0.6 is 11.6 Å². The van der Waals surface area contributed by atoms with Gasteiger partial charge < -0.3 is 9.84 Å². The van der Waals surface area contributed by atoms with Crippen LogP contribution in [-0.4, -0.2) is 24.9 Å². The first-order valence-electron chi connectivity index (χ1n) is 8.64. The fraction of sp³-hybridized carbons (Fsp3) is 0.400. The van der Waals surface area contributed by atoms with E-state index in [4.69, 9.17) is 21.2 Å². The molecule has 0 bridgehead atoms. The maximum Gasteiger partial charge on any atom is 0.118 e. The van der Waals surface area contributed by atoms with Crippen molar-refractivity contribution in [3.63, 3.8) is 0 Å². The molecule has 0 amide bonds. The Kier molecular flexibility index (Phi) is 5.84. The lowest BCUT2D eigenvalue weighted by Crippen LogP contribution is -2.26. The topological polar surface area (TPSA) is 41.9 Å². The molecule has 3 atom stereocenters. The Morgan fingerprint density at radius 2 is 1.80 bits per heavy atom. The monoisotopic (exact) mass is 361 g/mol. The highest BCUT2D eigenvalue weighted by molar-refractivity contribution is 6.30. The van der Waals surface area contributed by atoms with Gasteiger partial charge in [0.15, 0.2) is 0 Å². The maximum atomic E-state index is 10.1. The summed E-state index contributed by atoms with van der Waals surface area (Å²) < 4.78 is 5.26. The van der Waals surface area contributed by atoms with Crippen LogP contribution in [0.4, 0.5) is 5.69 Å². The number of ether oxygens (including phenoxy) is 1. The van der Waals surface area contributed by atoms with Crippen LogP contribution in [0.2, 0.25) is 5.02 Å². The fourth-order valence-electron chi connectivity index (χ4n) is 3.43. The Labute approximate surface area is 153 Å². The van der Waals surface area contributed by atoms with Crippen LogP contribution in [0.3, 0.4) is 0 Å². The van der Waals surface area contributed by atoms with Gasteiger partial charge in [-0.1, -0.05) is 37.1 Å². The van der Waals surface area contributed by atoms with Crippen molar-refractivity contribution >= 4 is 17.3 Å². The number of aliphatic hydroxyl groups excluding tert-OH is 1. The first kappa shape index (κ1) is 18.1. The van der Waals surface area contributed by atoms with Crippen molar-refractivity contribution in [2.75, 3.05) is 18.8 Å². The van der Waals surface area contributed by atoms with E-state index in [1.54, 1.807) is 7.11 Å². The Balaban J connectivity index is 1.98. The minimum atomic E-state index is -0.0615. The number of rotatable bonds is 6. The Bertz CT molecular complexity index is 674. The van der Waals surface area contributed by atoms with Gasteiger partial charge in [0, 0.05) is 10.9 Å². The zero-order valence-corrected chi connectivity index (χ0v) is 15.3. The van der Waals surface area contributed by atoms with E-state index in [1.807, 2.05) is 53.6 Å². The molecule has 2 aromatic carbocycles. The quantitative estimate of drug-likeness (QED) is 0.815. The molecule has 25 heavy (non-hydrogen) atoms. The number of nitrogens with zero attached hydrogens (tertiary/aromatic N) is 1. The first-order chi connectivity index (χ1) is 12.2. The molecule has 3 rings (SSSR count). The van der Waals surface area contributed by atoms with Crippen LogP contribution < -0.4 is 9.80 Å². The second kappa shape index (κ2) is 8.09. The lowest BCUT2D eigenvalue weighted by molar-refractivity contribution is 0.0499. The van der Waals surface area contributed by atoms with E-state index >= 15 is 0 Å². The SMILES string of the molecule is CCC[C@H]1ON(c2ccc(Cl)cc2)[C@@H](c2ccc(OC)cc2)[C@@H]1CO. The summed E-state index contributed by atoms with van der Waals surface area (Å²) >= 11 is 6.03. The van der Waals surface area contributed by atoms with Crippen LogP contribution in [0.5, 0.6) is 5.75 Å². The summed E-state index contributed by atoms with van der Waals surface area (Å²) in [6.07, 6.45) is 1.89. The van der Waals surface area contributed by atoms with Gasteiger partial charge in [-0.15, -0.1) is 0 Å². The lowest BCUT2D eigenvalue weighted by atomic mass is 9.88. The molecule has 0 unspecified atom stereocenters. The predicted molar refractivity (Wildman–Crippen MR) is 100 cm³/mol. The molecule has 1 aliphatic heterocycles. The summed E-state index contributed by atoms with van der Waals surface area (Å²) in [5, 5.41) is 12.7. The van der Waals surface area contributed by atoms with E-state index in [2.05, 4.69) is 6.92 Å². The van der Waals surface area contributed by atoms with E-state index in [0.29, 0.717) is 5.02 Å². The lowest BCUT2D eigenvalue weighted by Gasteiger charge is -2.27. The molecule has 0 aliphatic carbocycles. The van der Waals surface area contributed by atoms with Crippen molar-refractivity contribution in [3.05, 3.63) is 59.1 Å². The van der Waals surface area contributed by atoms with Gasteiger partial charge in [0.05, 0.1) is 31.5 Å². The Hall–Kier alpha value is -1.75. The van der Waals surface area contributed by atoms with Crippen molar-refractivity contribution < 1.29 is 14.7 Å². The number of anilines is 1. The van der Waals surface area contributed by atoms with Gasteiger partial charge in [0.25, 0.3) is 0 Å². The summed E-state index contributed by atoms with van der Waals surface area (Å²) in [5.41, 5.74) is 2.02. The summed E-state index contributed by atoms with van der Waals surface area (Å²) in [5.74, 6) is 0.815. The number of benzene rings is 2. The Morgan fingerprint density at radius 1 is 1.12 bits per heavy atom. The first-order valence-corrected chi connectivity index (χ1v) is 9.02. The van der Waals surface area contributed by atoms with Gasteiger partial charge in [0.2, 0.25) is 0 Å². The van der Waals surface area contributed by atoms with Gasteiger partial charge in [-0.3, -0.25) is 4.84 Å². The molecule has 0 saturated carbocycles. The number of hydrogen-bond donors (Lipinski definition) is 1. The molecule has 0 spiro atoms. The number of methoxy groups -OCH3 is 1. The van der Waals surface area contributed by atoms with Crippen molar-refractivity contribution in [3.8, 4) is 5.75 Å². The normalized spacial score (nSPS) is 23.0. The molecule has 1 N–H and O–H groups in total. The van der Waals surface area contributed by atoms with Gasteiger partial charge in [-0.05, 0) is 48.4 Å². The zero-order chi connectivity index (χ0) is 17.8. The minimum absolute atomic E-state index is 0.00372.